The number of rotatable bonds is 3. The summed E-state index contributed by atoms with van der Waals surface area (Å²) in [4.78, 5) is 14.6. The second kappa shape index (κ2) is 9.92. The summed E-state index contributed by atoms with van der Waals surface area (Å²) in [7, 11) is 1.56. The SMILES string of the molecule is COCC(=O)N[C@H]1CCCN2CCOc3ccccc3C3CCC(CC3)OCC12. The number of hydrogen-bond acceptors (Lipinski definition) is 5. The fraction of sp³-hybridized carbons (Fsp3) is 0.696. The van der Waals surface area contributed by atoms with Crippen molar-refractivity contribution in [3.8, 4) is 5.75 Å². The van der Waals surface area contributed by atoms with E-state index in [1.807, 2.05) is 0 Å². The van der Waals surface area contributed by atoms with E-state index < -0.39 is 0 Å². The standard InChI is InChI=1S/C23H34N2O4/c1-27-16-23(26)24-20-6-4-12-25-13-14-28-22-7-3-2-5-19(22)17-8-10-18(11-9-17)29-15-21(20)25/h2-3,5,7,17-18,20-21H,4,6,8-16H2,1H3,(H,24,26)/t17?,18?,20-,21?/m0/s1. The molecule has 6 nitrogen and oxygen atoms in total. The molecule has 0 radical (unpaired) electrons. The van der Waals surface area contributed by atoms with Crippen molar-refractivity contribution in [2.45, 2.75) is 62.6 Å². The Morgan fingerprint density at radius 3 is 2.83 bits per heavy atom. The highest BCUT2D eigenvalue weighted by atomic mass is 16.5. The summed E-state index contributed by atoms with van der Waals surface area (Å²) in [6, 6.07) is 8.81. The van der Waals surface area contributed by atoms with Crippen LogP contribution >= 0.6 is 0 Å². The van der Waals surface area contributed by atoms with Crippen molar-refractivity contribution < 1.29 is 19.0 Å². The van der Waals surface area contributed by atoms with E-state index in [4.69, 9.17) is 14.2 Å². The number of amides is 1. The monoisotopic (exact) mass is 402 g/mol. The Kier molecular flexibility index (Phi) is 7.06. The maximum atomic E-state index is 12.2. The van der Waals surface area contributed by atoms with Gasteiger partial charge in [0.2, 0.25) is 5.91 Å². The topological polar surface area (TPSA) is 60.0 Å². The van der Waals surface area contributed by atoms with Gasteiger partial charge in [-0.15, -0.1) is 0 Å². The van der Waals surface area contributed by atoms with Gasteiger partial charge in [-0.1, -0.05) is 18.2 Å². The van der Waals surface area contributed by atoms with Gasteiger partial charge >= 0.3 is 0 Å². The largest absolute Gasteiger partial charge is 0.492 e. The number of carbonyl (C=O) groups excluding carboxylic acids is 1. The van der Waals surface area contributed by atoms with Crippen LogP contribution in [0.4, 0.5) is 0 Å². The number of methoxy groups -OCH3 is 1. The number of carbonyl (C=O) groups is 1. The third-order valence-corrected chi connectivity index (χ3v) is 6.69. The summed E-state index contributed by atoms with van der Waals surface area (Å²) in [5.41, 5.74) is 1.35. The minimum atomic E-state index is -0.0482. The van der Waals surface area contributed by atoms with Gasteiger partial charge in [0, 0.05) is 19.7 Å². The maximum Gasteiger partial charge on any atom is 0.246 e. The van der Waals surface area contributed by atoms with Gasteiger partial charge in [0.25, 0.3) is 0 Å². The van der Waals surface area contributed by atoms with Gasteiger partial charge in [0.05, 0.1) is 18.8 Å². The lowest BCUT2D eigenvalue weighted by Crippen LogP contribution is -2.58. The molecule has 1 N–H and O–H groups in total. The molecule has 4 aliphatic rings. The Hall–Kier alpha value is -1.63. The van der Waals surface area contributed by atoms with Crippen LogP contribution in [0.25, 0.3) is 0 Å². The Morgan fingerprint density at radius 1 is 1.17 bits per heavy atom. The molecular formula is C23H34N2O4. The number of hydrogen-bond donors (Lipinski definition) is 1. The summed E-state index contributed by atoms with van der Waals surface area (Å²) in [6.45, 7) is 3.29. The van der Waals surface area contributed by atoms with Crippen LogP contribution in [0.15, 0.2) is 24.3 Å². The first kappa shape index (κ1) is 20.6. The van der Waals surface area contributed by atoms with Crippen LogP contribution in [-0.2, 0) is 14.3 Å². The molecule has 3 aliphatic heterocycles. The average Bonchev–Trinajstić information content (AvgIpc) is 2.76. The molecule has 29 heavy (non-hydrogen) atoms. The van der Waals surface area contributed by atoms with Crippen LogP contribution in [0.5, 0.6) is 5.75 Å². The van der Waals surface area contributed by atoms with Crippen LogP contribution in [0.3, 0.4) is 0 Å². The molecule has 2 fully saturated rings. The normalized spacial score (nSPS) is 30.7. The van der Waals surface area contributed by atoms with E-state index in [1.54, 1.807) is 7.11 Å². The van der Waals surface area contributed by atoms with Gasteiger partial charge in [-0.3, -0.25) is 9.69 Å². The molecule has 3 heterocycles. The van der Waals surface area contributed by atoms with Crippen LogP contribution < -0.4 is 10.1 Å². The molecular weight excluding hydrogens is 368 g/mol. The number of para-hydroxylation sites is 1. The molecule has 5 rings (SSSR count). The Bertz CT molecular complexity index is 675. The van der Waals surface area contributed by atoms with E-state index in [-0.39, 0.29) is 24.6 Å². The molecule has 1 amide bonds. The van der Waals surface area contributed by atoms with E-state index in [1.165, 1.54) is 5.56 Å². The Labute approximate surface area is 173 Å². The average molecular weight is 403 g/mol. The second-order valence-electron chi connectivity index (χ2n) is 8.55. The number of nitrogens with zero attached hydrogens (tertiary/aromatic N) is 1. The quantitative estimate of drug-likeness (QED) is 0.842. The highest BCUT2D eigenvalue weighted by molar-refractivity contribution is 5.77. The van der Waals surface area contributed by atoms with Crippen molar-refractivity contribution in [1.29, 1.82) is 0 Å². The Morgan fingerprint density at radius 2 is 2.00 bits per heavy atom. The van der Waals surface area contributed by atoms with Gasteiger partial charge in [0.15, 0.2) is 0 Å². The lowest BCUT2D eigenvalue weighted by molar-refractivity contribution is -0.126. The minimum absolute atomic E-state index is 0.0482. The molecule has 0 spiro atoms. The molecule has 2 bridgehead atoms. The fourth-order valence-corrected chi connectivity index (χ4v) is 5.17. The van der Waals surface area contributed by atoms with Crippen LogP contribution in [-0.4, -0.2) is 69.0 Å². The van der Waals surface area contributed by atoms with E-state index in [2.05, 4.69) is 34.5 Å². The van der Waals surface area contributed by atoms with Crippen molar-refractivity contribution in [2.75, 3.05) is 40.0 Å². The van der Waals surface area contributed by atoms with Crippen molar-refractivity contribution in [3.05, 3.63) is 29.8 Å². The van der Waals surface area contributed by atoms with E-state index in [9.17, 15) is 4.79 Å². The highest BCUT2D eigenvalue weighted by Gasteiger charge is 2.34. The molecule has 2 atom stereocenters. The first-order valence-corrected chi connectivity index (χ1v) is 11.1. The smallest absolute Gasteiger partial charge is 0.246 e. The molecule has 1 aromatic rings. The molecule has 160 valence electrons. The van der Waals surface area contributed by atoms with Gasteiger partial charge in [0.1, 0.15) is 19.0 Å². The molecule has 1 unspecified atom stereocenters. The third kappa shape index (κ3) is 5.11. The predicted molar refractivity (Wildman–Crippen MR) is 111 cm³/mol. The summed E-state index contributed by atoms with van der Waals surface area (Å²) < 4.78 is 17.7. The summed E-state index contributed by atoms with van der Waals surface area (Å²) in [5, 5.41) is 3.18. The zero-order valence-corrected chi connectivity index (χ0v) is 17.5. The predicted octanol–water partition coefficient (Wildman–Crippen LogP) is 2.72. The summed E-state index contributed by atoms with van der Waals surface area (Å²) in [5.74, 6) is 1.55. The minimum Gasteiger partial charge on any atom is -0.492 e. The lowest BCUT2D eigenvalue weighted by atomic mass is 9.82. The second-order valence-corrected chi connectivity index (χ2v) is 8.55. The van der Waals surface area contributed by atoms with Crippen molar-refractivity contribution >= 4 is 5.91 Å². The first-order valence-electron chi connectivity index (χ1n) is 11.1. The Balaban J connectivity index is 1.51. The third-order valence-electron chi connectivity index (χ3n) is 6.69. The number of benzene rings is 1. The van der Waals surface area contributed by atoms with Gasteiger partial charge in [-0.05, 0) is 62.6 Å². The molecule has 1 aromatic carbocycles. The van der Waals surface area contributed by atoms with E-state index >= 15 is 0 Å². The van der Waals surface area contributed by atoms with E-state index in [0.717, 1.165) is 57.4 Å². The highest BCUT2D eigenvalue weighted by Crippen LogP contribution is 2.38. The molecule has 1 aliphatic carbocycles. The van der Waals surface area contributed by atoms with Crippen molar-refractivity contribution in [1.82, 2.24) is 10.2 Å². The zero-order valence-electron chi connectivity index (χ0n) is 17.5. The summed E-state index contributed by atoms with van der Waals surface area (Å²) >= 11 is 0. The summed E-state index contributed by atoms with van der Waals surface area (Å²) in [6.07, 6.45) is 6.84. The van der Waals surface area contributed by atoms with Crippen LogP contribution in [0.1, 0.15) is 50.0 Å². The number of ether oxygens (including phenoxy) is 3. The van der Waals surface area contributed by atoms with Crippen LogP contribution in [0.2, 0.25) is 0 Å². The number of piperidine rings is 1. The van der Waals surface area contributed by atoms with Crippen LogP contribution in [0, 0.1) is 0 Å². The molecule has 1 saturated heterocycles. The lowest BCUT2D eigenvalue weighted by Gasteiger charge is -2.42. The fourth-order valence-electron chi connectivity index (χ4n) is 5.17. The maximum absolute atomic E-state index is 12.2. The van der Waals surface area contributed by atoms with Gasteiger partial charge in [-0.25, -0.2) is 0 Å². The van der Waals surface area contributed by atoms with Crippen molar-refractivity contribution in [2.24, 2.45) is 0 Å². The van der Waals surface area contributed by atoms with Crippen molar-refractivity contribution in [3.63, 3.8) is 0 Å². The molecule has 0 aromatic heterocycles. The van der Waals surface area contributed by atoms with E-state index in [0.29, 0.717) is 25.2 Å². The molecule has 6 heteroatoms. The van der Waals surface area contributed by atoms with Gasteiger partial charge in [-0.2, -0.15) is 0 Å². The molecule has 1 saturated carbocycles. The zero-order chi connectivity index (χ0) is 20.1. The first-order chi connectivity index (χ1) is 14.2. The number of nitrogens with one attached hydrogen (secondary N) is 1. The van der Waals surface area contributed by atoms with Gasteiger partial charge < -0.3 is 19.5 Å². The number of fused-ring (bicyclic) bond motifs is 5.